The second-order valence-corrected chi connectivity index (χ2v) is 2.07. The summed E-state index contributed by atoms with van der Waals surface area (Å²) in [6.07, 6.45) is 0. The fraction of sp³-hybridized carbons (Fsp3) is 0.600. The third-order valence-corrected chi connectivity index (χ3v) is 1.17. The van der Waals surface area contributed by atoms with Gasteiger partial charge in [-0.1, -0.05) is 0 Å². The highest BCUT2D eigenvalue weighted by Crippen LogP contribution is 1.82. The van der Waals surface area contributed by atoms with Gasteiger partial charge in [0, 0.05) is 0 Å². The Labute approximate surface area is 64.2 Å². The predicted molar refractivity (Wildman–Crippen MR) is 39.8 cm³/mol. The molecule has 1 unspecified atom stereocenters. The highest BCUT2D eigenvalue weighted by molar-refractivity contribution is 7.80. The second kappa shape index (κ2) is 4.05. The van der Waals surface area contributed by atoms with Gasteiger partial charge in [-0.2, -0.15) is 0 Å². The first kappa shape index (κ1) is 9.16. The molecule has 4 nitrogen and oxygen atoms in total. The summed E-state index contributed by atoms with van der Waals surface area (Å²) in [7, 11) is 1.38. The summed E-state index contributed by atoms with van der Waals surface area (Å²) in [6, 6.07) is -0.701. The number of hydrogen-bond donors (Lipinski definition) is 2. The number of aliphatic carboxylic acids is 1. The van der Waals surface area contributed by atoms with Gasteiger partial charge in [0.25, 0.3) is 5.17 Å². The van der Waals surface area contributed by atoms with Crippen molar-refractivity contribution in [3.8, 4) is 0 Å². The summed E-state index contributed by atoms with van der Waals surface area (Å²) in [5.74, 6) is -0.959. The Morgan fingerprint density at radius 2 is 2.30 bits per heavy atom. The van der Waals surface area contributed by atoms with Crippen LogP contribution in [0.4, 0.5) is 0 Å². The van der Waals surface area contributed by atoms with Gasteiger partial charge >= 0.3 is 5.97 Å². The summed E-state index contributed by atoms with van der Waals surface area (Å²) in [5, 5.41) is 10.9. The van der Waals surface area contributed by atoms with E-state index in [-0.39, 0.29) is 5.17 Å². The molecule has 58 valence electrons. The molecule has 2 N–H and O–H groups in total. The fourth-order valence-corrected chi connectivity index (χ4v) is 0.474. The Hall–Kier alpha value is -0.840. The molecule has 0 aliphatic heterocycles. The van der Waals surface area contributed by atoms with Gasteiger partial charge in [0.15, 0.2) is 0 Å². The molecule has 0 bridgehead atoms. The molecule has 10 heavy (non-hydrogen) atoms. The van der Waals surface area contributed by atoms with Gasteiger partial charge in [0.1, 0.15) is 6.04 Å². The third-order valence-electron chi connectivity index (χ3n) is 0.890. The fourth-order valence-electron chi connectivity index (χ4n) is 0.297. The predicted octanol–water partition coefficient (Wildman–Crippen LogP) is -0.0196. The first-order valence-electron chi connectivity index (χ1n) is 2.65. The lowest BCUT2D eigenvalue weighted by Crippen LogP contribution is -2.37. The topological polar surface area (TPSA) is 58.6 Å². The van der Waals surface area contributed by atoms with Crippen molar-refractivity contribution in [2.75, 3.05) is 7.11 Å². The van der Waals surface area contributed by atoms with E-state index in [0.29, 0.717) is 0 Å². The van der Waals surface area contributed by atoms with E-state index in [1.807, 2.05) is 0 Å². The lowest BCUT2D eigenvalue weighted by Gasteiger charge is -2.08. The monoisotopic (exact) mass is 163 g/mol. The largest absolute Gasteiger partial charge is 0.480 e. The Morgan fingerprint density at radius 1 is 1.80 bits per heavy atom. The van der Waals surface area contributed by atoms with Crippen LogP contribution >= 0.6 is 12.2 Å². The summed E-state index contributed by atoms with van der Waals surface area (Å²) in [4.78, 5) is 10.2. The molecule has 0 amide bonds. The molecule has 0 saturated carbocycles. The lowest BCUT2D eigenvalue weighted by molar-refractivity contribution is -0.138. The Kier molecular flexibility index (Phi) is 3.71. The van der Waals surface area contributed by atoms with Crippen LogP contribution in [0.2, 0.25) is 0 Å². The zero-order chi connectivity index (χ0) is 8.15. The van der Waals surface area contributed by atoms with Crippen LogP contribution in [0.25, 0.3) is 0 Å². The molecular formula is C5H9NO3S. The standard InChI is InChI=1S/C5H9NO3S/c1-3(4(7)8)6-5(10)9-2/h3H,1-2H3,(H,6,10)(H,7,8). The van der Waals surface area contributed by atoms with Crippen molar-refractivity contribution >= 4 is 23.4 Å². The first-order valence-corrected chi connectivity index (χ1v) is 3.06. The molecule has 5 heteroatoms. The van der Waals surface area contributed by atoms with E-state index in [0.717, 1.165) is 0 Å². The minimum absolute atomic E-state index is 0.0925. The zero-order valence-electron chi connectivity index (χ0n) is 5.75. The normalized spacial score (nSPS) is 11.8. The number of nitrogens with one attached hydrogen (secondary N) is 1. The molecule has 0 radical (unpaired) electrons. The van der Waals surface area contributed by atoms with Crippen molar-refractivity contribution < 1.29 is 14.6 Å². The van der Waals surface area contributed by atoms with Gasteiger partial charge in [-0.05, 0) is 19.1 Å². The maximum atomic E-state index is 10.2. The molecule has 0 aromatic carbocycles. The minimum Gasteiger partial charge on any atom is -0.480 e. The lowest BCUT2D eigenvalue weighted by atomic mass is 10.4. The van der Waals surface area contributed by atoms with Crippen molar-refractivity contribution in [2.45, 2.75) is 13.0 Å². The molecule has 0 aromatic rings. The number of methoxy groups -OCH3 is 1. The van der Waals surface area contributed by atoms with Gasteiger partial charge in [-0.15, -0.1) is 0 Å². The van der Waals surface area contributed by atoms with Crippen molar-refractivity contribution in [1.29, 1.82) is 0 Å². The number of carbonyl (C=O) groups is 1. The summed E-state index contributed by atoms with van der Waals surface area (Å²) in [5.41, 5.74) is 0. The maximum Gasteiger partial charge on any atom is 0.325 e. The van der Waals surface area contributed by atoms with Crippen LogP contribution in [-0.4, -0.2) is 29.4 Å². The molecule has 0 rings (SSSR count). The van der Waals surface area contributed by atoms with Crippen LogP contribution in [0.3, 0.4) is 0 Å². The highest BCUT2D eigenvalue weighted by atomic mass is 32.1. The summed E-state index contributed by atoms with van der Waals surface area (Å²) in [6.45, 7) is 1.48. The number of carboxylic acid groups (broad SMARTS) is 1. The quantitative estimate of drug-likeness (QED) is 0.560. The van der Waals surface area contributed by atoms with E-state index in [2.05, 4.69) is 22.3 Å². The van der Waals surface area contributed by atoms with Crippen molar-refractivity contribution in [3.63, 3.8) is 0 Å². The molecule has 0 spiro atoms. The van der Waals surface area contributed by atoms with Crippen LogP contribution in [0.15, 0.2) is 0 Å². The van der Waals surface area contributed by atoms with Crippen LogP contribution < -0.4 is 5.32 Å². The number of carboxylic acids is 1. The first-order chi connectivity index (χ1) is 4.57. The average Bonchev–Trinajstić information content (AvgIpc) is 1.87. The summed E-state index contributed by atoms with van der Waals surface area (Å²) < 4.78 is 4.53. The van der Waals surface area contributed by atoms with Gasteiger partial charge < -0.3 is 15.2 Å². The number of ether oxygens (including phenoxy) is 1. The third kappa shape index (κ3) is 3.24. The molecule has 0 heterocycles. The Bertz CT molecular complexity index is 148. The average molecular weight is 163 g/mol. The Balaban J connectivity index is 3.68. The minimum atomic E-state index is -0.959. The van der Waals surface area contributed by atoms with E-state index in [9.17, 15) is 4.79 Å². The van der Waals surface area contributed by atoms with Crippen LogP contribution in [0.5, 0.6) is 0 Å². The van der Waals surface area contributed by atoms with Crippen molar-refractivity contribution in [2.24, 2.45) is 0 Å². The van der Waals surface area contributed by atoms with Crippen LogP contribution in [0.1, 0.15) is 6.92 Å². The molecule has 0 saturated heterocycles. The Morgan fingerprint density at radius 3 is 2.60 bits per heavy atom. The van der Waals surface area contributed by atoms with Crippen molar-refractivity contribution in [3.05, 3.63) is 0 Å². The van der Waals surface area contributed by atoms with Crippen molar-refractivity contribution in [1.82, 2.24) is 5.32 Å². The van der Waals surface area contributed by atoms with E-state index < -0.39 is 12.0 Å². The van der Waals surface area contributed by atoms with E-state index in [4.69, 9.17) is 5.11 Å². The highest BCUT2D eigenvalue weighted by Gasteiger charge is 2.10. The van der Waals surface area contributed by atoms with Crippen LogP contribution in [0, 0.1) is 0 Å². The van der Waals surface area contributed by atoms with E-state index >= 15 is 0 Å². The zero-order valence-corrected chi connectivity index (χ0v) is 6.57. The number of hydrogen-bond acceptors (Lipinski definition) is 3. The number of thiocarbonyl (C=S) groups is 1. The van der Waals surface area contributed by atoms with E-state index in [1.165, 1.54) is 14.0 Å². The molecular weight excluding hydrogens is 154 g/mol. The molecule has 0 aliphatic rings. The molecule has 1 atom stereocenters. The summed E-state index contributed by atoms with van der Waals surface area (Å²) >= 11 is 4.55. The molecule has 0 fully saturated rings. The SMILES string of the molecule is COC(=S)NC(C)C(=O)O. The van der Waals surface area contributed by atoms with Gasteiger partial charge in [0.05, 0.1) is 7.11 Å². The number of rotatable bonds is 2. The van der Waals surface area contributed by atoms with Gasteiger partial charge in [0.2, 0.25) is 0 Å². The van der Waals surface area contributed by atoms with Gasteiger partial charge in [-0.3, -0.25) is 4.79 Å². The smallest absolute Gasteiger partial charge is 0.325 e. The molecule has 0 aliphatic carbocycles. The second-order valence-electron chi connectivity index (χ2n) is 1.70. The maximum absolute atomic E-state index is 10.2. The van der Waals surface area contributed by atoms with E-state index in [1.54, 1.807) is 0 Å². The molecule has 0 aromatic heterocycles. The van der Waals surface area contributed by atoms with Crippen LogP contribution in [-0.2, 0) is 9.53 Å². The van der Waals surface area contributed by atoms with Gasteiger partial charge in [-0.25, -0.2) is 0 Å².